The highest BCUT2D eigenvalue weighted by Crippen LogP contribution is 2.37. The Hall–Kier alpha value is -2.66. The molecule has 2 aliphatic heterocycles. The highest BCUT2D eigenvalue weighted by molar-refractivity contribution is 5.71. The molecule has 0 unspecified atom stereocenters. The standard InChI is InChI=1S/C18H21F3N6O2/c19-18(20,21)16-13(11-23-17(22)25-16)14-9-12(26-1-5-28-6-2-26)10-15(24-14)27-3-7-29-8-4-27/h9-11H,1-8H2,(H2,22,23,25). The maximum Gasteiger partial charge on any atom is 0.434 e. The first-order valence-electron chi connectivity index (χ1n) is 9.29. The van der Waals surface area contributed by atoms with Crippen molar-refractivity contribution in [1.82, 2.24) is 15.0 Å². The van der Waals surface area contributed by atoms with Crippen LogP contribution in [0.25, 0.3) is 11.3 Å². The highest BCUT2D eigenvalue weighted by Gasteiger charge is 2.37. The van der Waals surface area contributed by atoms with Gasteiger partial charge < -0.3 is 25.0 Å². The van der Waals surface area contributed by atoms with Gasteiger partial charge in [0.25, 0.3) is 0 Å². The fourth-order valence-electron chi connectivity index (χ4n) is 3.40. The van der Waals surface area contributed by atoms with Gasteiger partial charge in [-0.3, -0.25) is 0 Å². The Morgan fingerprint density at radius 2 is 1.52 bits per heavy atom. The topological polar surface area (TPSA) is 89.6 Å². The molecular formula is C18H21F3N6O2. The summed E-state index contributed by atoms with van der Waals surface area (Å²) in [5.74, 6) is 0.163. The molecule has 2 fully saturated rings. The van der Waals surface area contributed by atoms with Crippen molar-refractivity contribution in [2.75, 3.05) is 68.1 Å². The van der Waals surface area contributed by atoms with E-state index in [1.807, 2.05) is 11.0 Å². The van der Waals surface area contributed by atoms with Crippen molar-refractivity contribution >= 4 is 17.5 Å². The summed E-state index contributed by atoms with van der Waals surface area (Å²) in [5.41, 5.74) is 5.06. The van der Waals surface area contributed by atoms with Gasteiger partial charge in [-0.2, -0.15) is 13.2 Å². The monoisotopic (exact) mass is 410 g/mol. The first-order valence-corrected chi connectivity index (χ1v) is 9.29. The molecule has 2 aromatic heterocycles. The molecule has 0 bridgehead atoms. The van der Waals surface area contributed by atoms with Crippen LogP contribution in [0.15, 0.2) is 18.3 Å². The molecule has 0 aliphatic carbocycles. The zero-order valence-electron chi connectivity index (χ0n) is 15.7. The Morgan fingerprint density at radius 3 is 2.14 bits per heavy atom. The number of morpholine rings is 2. The van der Waals surface area contributed by atoms with Crippen LogP contribution in [0.2, 0.25) is 0 Å². The first kappa shape index (κ1) is 19.6. The molecule has 0 radical (unpaired) electrons. The van der Waals surface area contributed by atoms with Crippen molar-refractivity contribution < 1.29 is 22.6 Å². The molecule has 0 aromatic carbocycles. The molecule has 11 heteroatoms. The summed E-state index contributed by atoms with van der Waals surface area (Å²) < 4.78 is 51.6. The van der Waals surface area contributed by atoms with Crippen molar-refractivity contribution in [1.29, 1.82) is 0 Å². The zero-order chi connectivity index (χ0) is 20.4. The molecule has 2 aliphatic rings. The number of aromatic nitrogens is 3. The van der Waals surface area contributed by atoms with Gasteiger partial charge in [-0.05, 0) is 6.07 Å². The Labute approximate surface area is 165 Å². The fraction of sp³-hybridized carbons (Fsp3) is 0.500. The SMILES string of the molecule is Nc1ncc(-c2cc(N3CCOCC3)cc(N3CCOCC3)n2)c(C(F)(F)F)n1. The van der Waals surface area contributed by atoms with E-state index < -0.39 is 17.8 Å². The third-order valence-electron chi connectivity index (χ3n) is 4.86. The van der Waals surface area contributed by atoms with Gasteiger partial charge in [-0.15, -0.1) is 0 Å². The van der Waals surface area contributed by atoms with Crippen molar-refractivity contribution in [3.8, 4) is 11.3 Å². The van der Waals surface area contributed by atoms with E-state index in [0.29, 0.717) is 58.4 Å². The maximum absolute atomic E-state index is 13.6. The van der Waals surface area contributed by atoms with Crippen LogP contribution in [-0.2, 0) is 15.7 Å². The van der Waals surface area contributed by atoms with E-state index in [-0.39, 0.29) is 11.3 Å². The molecule has 29 heavy (non-hydrogen) atoms. The molecule has 156 valence electrons. The van der Waals surface area contributed by atoms with Crippen LogP contribution < -0.4 is 15.5 Å². The lowest BCUT2D eigenvalue weighted by atomic mass is 10.1. The smallest absolute Gasteiger partial charge is 0.378 e. The van der Waals surface area contributed by atoms with E-state index in [0.717, 1.165) is 11.9 Å². The summed E-state index contributed by atoms with van der Waals surface area (Å²) in [6.45, 7) is 4.72. The van der Waals surface area contributed by atoms with Crippen molar-refractivity contribution in [2.24, 2.45) is 0 Å². The summed E-state index contributed by atoms with van der Waals surface area (Å²) in [6.07, 6.45) is -3.60. The maximum atomic E-state index is 13.6. The predicted octanol–water partition coefficient (Wildman–Crippen LogP) is 1.81. The number of anilines is 3. The van der Waals surface area contributed by atoms with Gasteiger partial charge in [0, 0.05) is 49.7 Å². The number of pyridine rings is 1. The third-order valence-corrected chi connectivity index (χ3v) is 4.86. The van der Waals surface area contributed by atoms with Crippen molar-refractivity contribution in [2.45, 2.75) is 6.18 Å². The Balaban J connectivity index is 1.82. The average Bonchev–Trinajstić information content (AvgIpc) is 2.74. The van der Waals surface area contributed by atoms with Crippen LogP contribution in [0.5, 0.6) is 0 Å². The predicted molar refractivity (Wildman–Crippen MR) is 101 cm³/mol. The fourth-order valence-corrected chi connectivity index (χ4v) is 3.40. The summed E-state index contributed by atoms with van der Waals surface area (Å²) in [7, 11) is 0. The number of halogens is 3. The molecular weight excluding hydrogens is 389 g/mol. The normalized spacial score (nSPS) is 18.2. The number of ether oxygens (including phenoxy) is 2. The Morgan fingerprint density at radius 1 is 0.897 bits per heavy atom. The van der Waals surface area contributed by atoms with Gasteiger partial charge in [0.2, 0.25) is 5.95 Å². The Bertz CT molecular complexity index is 831. The zero-order valence-corrected chi connectivity index (χ0v) is 15.7. The van der Waals surface area contributed by atoms with Gasteiger partial charge >= 0.3 is 6.18 Å². The molecule has 2 N–H and O–H groups in total. The van der Waals surface area contributed by atoms with Gasteiger partial charge in [0.1, 0.15) is 5.82 Å². The largest absolute Gasteiger partial charge is 0.434 e. The van der Waals surface area contributed by atoms with E-state index in [9.17, 15) is 13.2 Å². The number of hydrogen-bond donors (Lipinski definition) is 1. The number of nitrogens with two attached hydrogens (primary N) is 1. The molecule has 0 spiro atoms. The molecule has 0 saturated carbocycles. The van der Waals surface area contributed by atoms with E-state index in [1.165, 1.54) is 0 Å². The molecule has 4 heterocycles. The second kappa shape index (κ2) is 7.99. The van der Waals surface area contributed by atoms with Crippen LogP contribution >= 0.6 is 0 Å². The Kier molecular flexibility index (Phi) is 5.41. The van der Waals surface area contributed by atoms with Crippen molar-refractivity contribution in [3.05, 3.63) is 24.0 Å². The number of alkyl halides is 3. The summed E-state index contributed by atoms with van der Waals surface area (Å²) in [4.78, 5) is 15.8. The molecule has 0 atom stereocenters. The van der Waals surface area contributed by atoms with Gasteiger partial charge in [0.15, 0.2) is 5.69 Å². The molecule has 0 amide bonds. The van der Waals surface area contributed by atoms with Gasteiger partial charge in [-0.1, -0.05) is 0 Å². The average molecular weight is 410 g/mol. The second-order valence-electron chi connectivity index (χ2n) is 6.76. The quantitative estimate of drug-likeness (QED) is 0.820. The lowest BCUT2D eigenvalue weighted by Gasteiger charge is -2.32. The third kappa shape index (κ3) is 4.35. The van der Waals surface area contributed by atoms with E-state index >= 15 is 0 Å². The minimum atomic E-state index is -4.68. The molecule has 4 rings (SSSR count). The lowest BCUT2D eigenvalue weighted by Crippen LogP contribution is -2.38. The van der Waals surface area contributed by atoms with Gasteiger partial charge in [-0.25, -0.2) is 15.0 Å². The summed E-state index contributed by atoms with van der Waals surface area (Å²) in [5, 5.41) is 0. The lowest BCUT2D eigenvalue weighted by molar-refractivity contribution is -0.140. The van der Waals surface area contributed by atoms with Gasteiger partial charge in [0.05, 0.1) is 32.1 Å². The first-order chi connectivity index (χ1) is 13.9. The van der Waals surface area contributed by atoms with Crippen LogP contribution in [0.4, 0.5) is 30.6 Å². The van der Waals surface area contributed by atoms with Crippen LogP contribution in [0.3, 0.4) is 0 Å². The van der Waals surface area contributed by atoms with E-state index in [1.54, 1.807) is 6.07 Å². The summed E-state index contributed by atoms with van der Waals surface area (Å²) >= 11 is 0. The number of hydrogen-bond acceptors (Lipinski definition) is 8. The number of nitrogen functional groups attached to an aromatic ring is 1. The minimum Gasteiger partial charge on any atom is -0.378 e. The second-order valence-corrected chi connectivity index (χ2v) is 6.76. The van der Waals surface area contributed by atoms with Crippen molar-refractivity contribution in [3.63, 3.8) is 0 Å². The summed E-state index contributed by atoms with van der Waals surface area (Å²) in [6, 6.07) is 3.53. The van der Waals surface area contributed by atoms with Crippen LogP contribution in [0, 0.1) is 0 Å². The van der Waals surface area contributed by atoms with E-state index in [2.05, 4.69) is 19.9 Å². The minimum absolute atomic E-state index is 0.155. The van der Waals surface area contributed by atoms with E-state index in [4.69, 9.17) is 15.2 Å². The molecule has 2 saturated heterocycles. The van der Waals surface area contributed by atoms with Crippen LogP contribution in [0.1, 0.15) is 5.69 Å². The molecule has 2 aromatic rings. The molecule has 8 nitrogen and oxygen atoms in total. The van der Waals surface area contributed by atoms with Crippen LogP contribution in [-0.4, -0.2) is 67.6 Å². The number of nitrogens with zero attached hydrogens (tertiary/aromatic N) is 5. The highest BCUT2D eigenvalue weighted by atomic mass is 19.4. The number of rotatable bonds is 3.